The van der Waals surface area contributed by atoms with Gasteiger partial charge >= 0.3 is 6.09 Å². The standard InChI is InChI=1S/C24H29NO4/c1-17(16-28-22-14-10-9-13-20(22)18(2)26)21(15-19-11-7-6-8-12-19)25-23(27)29-24(3,4)5/h6-14,21H,1,15-16H2,2-5H3,(H,25,27)/t21-/m0/s1. The number of rotatable bonds is 8. The van der Waals surface area contributed by atoms with E-state index < -0.39 is 11.7 Å². The third-order valence-electron chi connectivity index (χ3n) is 4.15. The lowest BCUT2D eigenvalue weighted by molar-refractivity contribution is 0.0510. The summed E-state index contributed by atoms with van der Waals surface area (Å²) < 4.78 is 11.2. The highest BCUT2D eigenvalue weighted by Gasteiger charge is 2.22. The summed E-state index contributed by atoms with van der Waals surface area (Å²) in [5.41, 5.74) is 1.65. The maximum atomic E-state index is 12.3. The minimum Gasteiger partial charge on any atom is -0.488 e. The molecule has 2 aromatic carbocycles. The van der Waals surface area contributed by atoms with Crippen molar-refractivity contribution in [2.45, 2.75) is 45.8 Å². The van der Waals surface area contributed by atoms with E-state index >= 15 is 0 Å². The van der Waals surface area contributed by atoms with Gasteiger partial charge in [0.1, 0.15) is 18.0 Å². The van der Waals surface area contributed by atoms with E-state index in [1.807, 2.05) is 57.2 Å². The Hall–Kier alpha value is -3.08. The van der Waals surface area contributed by atoms with Crippen LogP contribution in [0, 0.1) is 0 Å². The molecule has 154 valence electrons. The van der Waals surface area contributed by atoms with Gasteiger partial charge in [-0.05, 0) is 57.4 Å². The summed E-state index contributed by atoms with van der Waals surface area (Å²) in [4.78, 5) is 24.1. The normalized spacial score (nSPS) is 12.0. The van der Waals surface area contributed by atoms with Crippen LogP contribution in [0.5, 0.6) is 5.75 Å². The minimum atomic E-state index is -0.598. The summed E-state index contributed by atoms with van der Waals surface area (Å²) in [6.07, 6.45) is 0.0418. The molecule has 0 aliphatic carbocycles. The molecule has 29 heavy (non-hydrogen) atoms. The molecule has 2 rings (SSSR count). The fourth-order valence-corrected chi connectivity index (χ4v) is 2.75. The molecule has 0 saturated carbocycles. The summed E-state index contributed by atoms with van der Waals surface area (Å²) in [5.74, 6) is 0.427. The third kappa shape index (κ3) is 7.45. The number of carbonyl (C=O) groups excluding carboxylic acids is 2. The Morgan fingerprint density at radius 3 is 2.28 bits per heavy atom. The monoisotopic (exact) mass is 395 g/mol. The van der Waals surface area contributed by atoms with Crippen LogP contribution in [0.4, 0.5) is 4.79 Å². The molecule has 0 unspecified atom stereocenters. The summed E-state index contributed by atoms with van der Waals surface area (Å²) in [6, 6.07) is 16.5. The van der Waals surface area contributed by atoms with E-state index in [0.29, 0.717) is 23.3 Å². The zero-order valence-electron chi connectivity index (χ0n) is 17.5. The molecule has 0 aliphatic heterocycles. The summed E-state index contributed by atoms with van der Waals surface area (Å²) in [5, 5.41) is 2.89. The Labute approximate surface area is 172 Å². The van der Waals surface area contributed by atoms with E-state index in [4.69, 9.17) is 9.47 Å². The van der Waals surface area contributed by atoms with Crippen LogP contribution in [0.2, 0.25) is 0 Å². The second-order valence-electron chi connectivity index (χ2n) is 7.89. The number of para-hydroxylation sites is 1. The Kier molecular flexibility index (Phi) is 7.59. The van der Waals surface area contributed by atoms with E-state index in [9.17, 15) is 9.59 Å². The summed E-state index contributed by atoms with van der Waals surface area (Å²) in [6.45, 7) is 11.2. The first-order valence-corrected chi connectivity index (χ1v) is 9.59. The average Bonchev–Trinajstić information content (AvgIpc) is 2.65. The molecule has 0 saturated heterocycles. The van der Waals surface area contributed by atoms with Gasteiger partial charge in [-0.1, -0.05) is 49.0 Å². The highest BCUT2D eigenvalue weighted by atomic mass is 16.6. The Bertz CT molecular complexity index is 853. The van der Waals surface area contributed by atoms with E-state index in [-0.39, 0.29) is 18.4 Å². The maximum Gasteiger partial charge on any atom is 0.408 e. The van der Waals surface area contributed by atoms with Crippen molar-refractivity contribution in [2.75, 3.05) is 6.61 Å². The minimum absolute atomic E-state index is 0.0704. The lowest BCUT2D eigenvalue weighted by atomic mass is 10.0. The van der Waals surface area contributed by atoms with Gasteiger partial charge in [-0.15, -0.1) is 0 Å². The Morgan fingerprint density at radius 1 is 1.03 bits per heavy atom. The second-order valence-corrected chi connectivity index (χ2v) is 7.89. The van der Waals surface area contributed by atoms with Gasteiger partial charge in [0.25, 0.3) is 0 Å². The van der Waals surface area contributed by atoms with Crippen molar-refractivity contribution in [3.8, 4) is 5.75 Å². The van der Waals surface area contributed by atoms with Gasteiger partial charge < -0.3 is 14.8 Å². The largest absolute Gasteiger partial charge is 0.488 e. The first-order chi connectivity index (χ1) is 13.7. The summed E-state index contributed by atoms with van der Waals surface area (Å²) >= 11 is 0. The Morgan fingerprint density at radius 2 is 1.66 bits per heavy atom. The van der Waals surface area contributed by atoms with E-state index in [0.717, 1.165) is 5.56 Å². The first-order valence-electron chi connectivity index (χ1n) is 9.59. The number of hydrogen-bond acceptors (Lipinski definition) is 4. The number of nitrogens with one attached hydrogen (secondary N) is 1. The number of ketones is 1. The predicted octanol–water partition coefficient (Wildman–Crippen LogP) is 4.96. The third-order valence-corrected chi connectivity index (χ3v) is 4.15. The smallest absolute Gasteiger partial charge is 0.408 e. The number of hydrogen-bond donors (Lipinski definition) is 1. The molecule has 0 radical (unpaired) electrons. The van der Waals surface area contributed by atoms with Crippen molar-refractivity contribution >= 4 is 11.9 Å². The van der Waals surface area contributed by atoms with Gasteiger partial charge in [0.2, 0.25) is 0 Å². The molecule has 1 amide bonds. The van der Waals surface area contributed by atoms with Crippen LogP contribution in [0.1, 0.15) is 43.6 Å². The zero-order valence-corrected chi connectivity index (χ0v) is 17.5. The highest BCUT2D eigenvalue weighted by molar-refractivity contribution is 5.96. The molecule has 1 atom stereocenters. The predicted molar refractivity (Wildman–Crippen MR) is 114 cm³/mol. The first kappa shape index (κ1) is 22.2. The zero-order chi connectivity index (χ0) is 21.4. The van der Waals surface area contributed by atoms with Crippen LogP contribution in [0.25, 0.3) is 0 Å². The van der Waals surface area contributed by atoms with E-state index in [2.05, 4.69) is 11.9 Å². The molecular weight excluding hydrogens is 366 g/mol. The Balaban J connectivity index is 2.11. The molecule has 2 aromatic rings. The molecule has 5 heteroatoms. The van der Waals surface area contributed by atoms with Gasteiger partial charge in [-0.25, -0.2) is 4.79 Å². The van der Waals surface area contributed by atoms with Crippen molar-refractivity contribution in [1.29, 1.82) is 0 Å². The molecular formula is C24H29NO4. The van der Waals surface area contributed by atoms with Crippen molar-refractivity contribution in [3.05, 3.63) is 77.9 Å². The van der Waals surface area contributed by atoms with E-state index in [1.165, 1.54) is 6.92 Å². The van der Waals surface area contributed by atoms with Gasteiger partial charge in [0, 0.05) is 0 Å². The maximum absolute atomic E-state index is 12.3. The van der Waals surface area contributed by atoms with Crippen LogP contribution in [-0.2, 0) is 11.2 Å². The van der Waals surface area contributed by atoms with Crippen LogP contribution in [-0.4, -0.2) is 30.1 Å². The van der Waals surface area contributed by atoms with Crippen molar-refractivity contribution in [3.63, 3.8) is 0 Å². The number of ether oxygens (including phenoxy) is 2. The average molecular weight is 395 g/mol. The molecule has 0 bridgehead atoms. The lowest BCUT2D eigenvalue weighted by Gasteiger charge is -2.25. The fourth-order valence-electron chi connectivity index (χ4n) is 2.75. The molecule has 0 aliphatic rings. The second kappa shape index (κ2) is 9.92. The van der Waals surface area contributed by atoms with Crippen LogP contribution >= 0.6 is 0 Å². The topological polar surface area (TPSA) is 64.6 Å². The van der Waals surface area contributed by atoms with Crippen LogP contribution in [0.15, 0.2) is 66.7 Å². The molecule has 0 heterocycles. The molecule has 1 N–H and O–H groups in total. The van der Waals surface area contributed by atoms with Gasteiger partial charge in [0.15, 0.2) is 5.78 Å². The molecule has 0 aromatic heterocycles. The fraction of sp³-hybridized carbons (Fsp3) is 0.333. The van der Waals surface area contributed by atoms with Crippen molar-refractivity contribution in [2.24, 2.45) is 0 Å². The van der Waals surface area contributed by atoms with Gasteiger partial charge in [0.05, 0.1) is 11.6 Å². The van der Waals surface area contributed by atoms with E-state index in [1.54, 1.807) is 18.2 Å². The number of amides is 1. The molecule has 0 fully saturated rings. The quantitative estimate of drug-likeness (QED) is 0.507. The highest BCUT2D eigenvalue weighted by Crippen LogP contribution is 2.20. The molecule has 5 nitrogen and oxygen atoms in total. The van der Waals surface area contributed by atoms with Crippen molar-refractivity contribution in [1.82, 2.24) is 5.32 Å². The number of carbonyl (C=O) groups is 2. The van der Waals surface area contributed by atoms with Crippen LogP contribution < -0.4 is 10.1 Å². The SMILES string of the molecule is C=C(COc1ccccc1C(C)=O)[C@H](Cc1ccccc1)NC(=O)OC(C)(C)C. The summed E-state index contributed by atoms with van der Waals surface area (Å²) in [7, 11) is 0. The van der Waals surface area contributed by atoms with Crippen LogP contribution in [0.3, 0.4) is 0 Å². The number of benzene rings is 2. The van der Waals surface area contributed by atoms with Gasteiger partial charge in [-0.3, -0.25) is 4.79 Å². The number of Topliss-reactive ketones (excluding diaryl/α,β-unsaturated/α-hetero) is 1. The number of alkyl carbamates (subject to hydrolysis) is 1. The van der Waals surface area contributed by atoms with Gasteiger partial charge in [-0.2, -0.15) is 0 Å². The molecule has 0 spiro atoms. The lowest BCUT2D eigenvalue weighted by Crippen LogP contribution is -2.42. The van der Waals surface area contributed by atoms with Crippen molar-refractivity contribution < 1.29 is 19.1 Å².